The fourth-order valence-electron chi connectivity index (χ4n) is 1.37. The zero-order valence-corrected chi connectivity index (χ0v) is 10.2. The summed E-state index contributed by atoms with van der Waals surface area (Å²) in [6.45, 7) is 5.84. The van der Waals surface area contributed by atoms with Crippen molar-refractivity contribution < 1.29 is 13.2 Å². The van der Waals surface area contributed by atoms with Gasteiger partial charge in [0.05, 0.1) is 11.3 Å². The van der Waals surface area contributed by atoms with Gasteiger partial charge in [-0.2, -0.15) is 4.31 Å². The summed E-state index contributed by atoms with van der Waals surface area (Å²) in [6.07, 6.45) is 0.668. The Labute approximate surface area is 90.9 Å². The third-order valence-corrected chi connectivity index (χ3v) is 4.88. The molecule has 0 bridgehead atoms. The van der Waals surface area contributed by atoms with Crippen LogP contribution in [0.4, 0.5) is 0 Å². The summed E-state index contributed by atoms with van der Waals surface area (Å²) >= 11 is 0. The number of nitrogens with one attached hydrogen (secondary N) is 1. The average molecular weight is 234 g/mol. The van der Waals surface area contributed by atoms with Crippen molar-refractivity contribution >= 4 is 15.9 Å². The fraction of sp³-hybridized carbons (Fsp3) is 0.889. The van der Waals surface area contributed by atoms with E-state index < -0.39 is 14.8 Å². The number of carbonyl (C=O) groups is 1. The fourth-order valence-corrected chi connectivity index (χ4v) is 2.80. The first-order chi connectivity index (χ1) is 6.75. The summed E-state index contributed by atoms with van der Waals surface area (Å²) in [7, 11) is -3.38. The maximum Gasteiger partial charge on any atom is 0.235 e. The van der Waals surface area contributed by atoms with Crippen LogP contribution < -0.4 is 5.32 Å². The van der Waals surface area contributed by atoms with Gasteiger partial charge in [0.2, 0.25) is 15.9 Å². The topological polar surface area (TPSA) is 66.5 Å². The molecule has 0 aromatic carbocycles. The van der Waals surface area contributed by atoms with E-state index in [1.54, 1.807) is 20.8 Å². The van der Waals surface area contributed by atoms with E-state index in [1.807, 2.05) is 0 Å². The lowest BCUT2D eigenvalue weighted by atomic mass is 10.3. The molecule has 15 heavy (non-hydrogen) atoms. The molecule has 0 radical (unpaired) electrons. The Bertz CT molecular complexity index is 343. The molecule has 5 nitrogen and oxygen atoms in total. The minimum absolute atomic E-state index is 0.0559. The maximum absolute atomic E-state index is 12.1. The molecule has 1 rings (SSSR count). The Kier molecular flexibility index (Phi) is 3.40. The van der Waals surface area contributed by atoms with Crippen molar-refractivity contribution in [3.8, 4) is 0 Å². The van der Waals surface area contributed by atoms with Crippen molar-refractivity contribution in [3.05, 3.63) is 0 Å². The molecule has 0 spiro atoms. The molecule has 1 heterocycles. The van der Waals surface area contributed by atoms with Crippen LogP contribution in [0.25, 0.3) is 0 Å². The Hall–Kier alpha value is -0.620. The van der Waals surface area contributed by atoms with Gasteiger partial charge >= 0.3 is 0 Å². The van der Waals surface area contributed by atoms with E-state index in [-0.39, 0.29) is 12.5 Å². The van der Waals surface area contributed by atoms with Gasteiger partial charge in [-0.15, -0.1) is 0 Å². The van der Waals surface area contributed by atoms with Gasteiger partial charge in [0.25, 0.3) is 0 Å². The summed E-state index contributed by atoms with van der Waals surface area (Å²) in [5.41, 5.74) is 0. The molecule has 1 N–H and O–H groups in total. The van der Waals surface area contributed by atoms with E-state index >= 15 is 0 Å². The van der Waals surface area contributed by atoms with Crippen molar-refractivity contribution in [1.82, 2.24) is 9.62 Å². The lowest BCUT2D eigenvalue weighted by Gasteiger charge is -2.27. The molecule has 1 amide bonds. The van der Waals surface area contributed by atoms with Crippen LogP contribution in [0.5, 0.6) is 0 Å². The number of hydrogen-bond acceptors (Lipinski definition) is 3. The third-order valence-electron chi connectivity index (χ3n) is 2.34. The van der Waals surface area contributed by atoms with E-state index in [0.717, 1.165) is 0 Å². The van der Waals surface area contributed by atoms with E-state index in [9.17, 15) is 13.2 Å². The lowest BCUT2D eigenvalue weighted by Crippen LogP contribution is -2.45. The van der Waals surface area contributed by atoms with E-state index in [1.165, 1.54) is 4.31 Å². The van der Waals surface area contributed by atoms with E-state index in [4.69, 9.17) is 0 Å². The second-order valence-electron chi connectivity index (χ2n) is 4.65. The molecule has 0 saturated carbocycles. The Morgan fingerprint density at radius 2 is 1.93 bits per heavy atom. The molecular weight excluding hydrogens is 216 g/mol. The number of sulfonamides is 1. The number of carbonyl (C=O) groups excluding carboxylic acids is 1. The van der Waals surface area contributed by atoms with Gasteiger partial charge in [0.1, 0.15) is 0 Å². The zero-order chi connectivity index (χ0) is 11.7. The first-order valence-electron chi connectivity index (χ1n) is 5.01. The van der Waals surface area contributed by atoms with Gasteiger partial charge in [-0.3, -0.25) is 4.79 Å². The highest BCUT2D eigenvalue weighted by molar-refractivity contribution is 7.90. The molecule has 1 aliphatic rings. The molecule has 6 heteroatoms. The van der Waals surface area contributed by atoms with Crippen molar-refractivity contribution in [2.45, 2.75) is 31.9 Å². The minimum atomic E-state index is -3.38. The molecule has 1 aliphatic heterocycles. The summed E-state index contributed by atoms with van der Waals surface area (Å²) in [5, 5.41) is 2.65. The molecule has 88 valence electrons. The van der Waals surface area contributed by atoms with Gasteiger partial charge in [0, 0.05) is 13.1 Å². The molecule has 0 aliphatic carbocycles. The Balaban J connectivity index is 2.91. The molecule has 0 aromatic heterocycles. The Morgan fingerprint density at radius 1 is 1.33 bits per heavy atom. The van der Waals surface area contributed by atoms with E-state index in [2.05, 4.69) is 5.32 Å². The molecule has 0 atom stereocenters. The van der Waals surface area contributed by atoms with Crippen LogP contribution in [0.3, 0.4) is 0 Å². The highest BCUT2D eigenvalue weighted by Crippen LogP contribution is 2.20. The van der Waals surface area contributed by atoms with Gasteiger partial charge in [0.15, 0.2) is 0 Å². The van der Waals surface area contributed by atoms with E-state index in [0.29, 0.717) is 19.5 Å². The maximum atomic E-state index is 12.1. The quantitative estimate of drug-likeness (QED) is 0.691. The number of nitrogens with zero attached hydrogens (tertiary/aromatic N) is 1. The van der Waals surface area contributed by atoms with Crippen LogP contribution in [0.2, 0.25) is 0 Å². The smallest absolute Gasteiger partial charge is 0.235 e. The van der Waals surface area contributed by atoms with Crippen molar-refractivity contribution in [3.63, 3.8) is 0 Å². The predicted octanol–water partition coefficient (Wildman–Crippen LogP) is -0.0634. The Morgan fingerprint density at radius 3 is 2.47 bits per heavy atom. The van der Waals surface area contributed by atoms with Crippen LogP contribution in [0, 0.1) is 0 Å². The van der Waals surface area contributed by atoms with Crippen molar-refractivity contribution in [2.24, 2.45) is 0 Å². The van der Waals surface area contributed by atoms with Crippen LogP contribution in [0.1, 0.15) is 27.2 Å². The standard InChI is InChI=1S/C9H18N2O3S/c1-9(2,3)15(13,14)11-6-4-5-10-8(12)7-11/h4-7H2,1-3H3,(H,10,12). The molecule has 0 unspecified atom stereocenters. The normalized spacial score (nSPS) is 20.9. The second kappa shape index (κ2) is 4.09. The number of amides is 1. The predicted molar refractivity (Wildman–Crippen MR) is 57.9 cm³/mol. The molecule has 1 saturated heterocycles. The summed E-state index contributed by atoms with van der Waals surface area (Å²) in [6, 6.07) is 0. The van der Waals surface area contributed by atoms with Gasteiger partial charge in [-0.25, -0.2) is 8.42 Å². The van der Waals surface area contributed by atoms with Gasteiger partial charge < -0.3 is 5.32 Å². The largest absolute Gasteiger partial charge is 0.355 e. The molecule has 0 aromatic rings. The minimum Gasteiger partial charge on any atom is -0.355 e. The highest BCUT2D eigenvalue weighted by atomic mass is 32.2. The first-order valence-corrected chi connectivity index (χ1v) is 6.45. The first kappa shape index (κ1) is 12.4. The number of rotatable bonds is 1. The molecular formula is C9H18N2O3S. The average Bonchev–Trinajstić information content (AvgIpc) is 2.27. The monoisotopic (exact) mass is 234 g/mol. The third kappa shape index (κ3) is 2.69. The van der Waals surface area contributed by atoms with Crippen LogP contribution in [-0.2, 0) is 14.8 Å². The lowest BCUT2D eigenvalue weighted by molar-refractivity contribution is -0.120. The van der Waals surface area contributed by atoms with Crippen LogP contribution >= 0.6 is 0 Å². The summed E-state index contributed by atoms with van der Waals surface area (Å²) in [4.78, 5) is 11.2. The SMILES string of the molecule is CC(C)(C)S(=O)(=O)N1CCCNC(=O)C1. The number of hydrogen-bond donors (Lipinski definition) is 1. The van der Waals surface area contributed by atoms with Gasteiger partial charge in [-0.05, 0) is 27.2 Å². The highest BCUT2D eigenvalue weighted by Gasteiger charge is 2.36. The zero-order valence-electron chi connectivity index (χ0n) is 9.41. The molecule has 1 fully saturated rings. The van der Waals surface area contributed by atoms with Crippen LogP contribution in [0.15, 0.2) is 0 Å². The van der Waals surface area contributed by atoms with Crippen LogP contribution in [-0.4, -0.2) is 43.0 Å². The van der Waals surface area contributed by atoms with Crippen molar-refractivity contribution in [1.29, 1.82) is 0 Å². The second-order valence-corrected chi connectivity index (χ2v) is 7.35. The summed E-state index contributed by atoms with van der Waals surface area (Å²) < 4.78 is 24.5. The summed E-state index contributed by atoms with van der Waals surface area (Å²) in [5.74, 6) is -0.222. The van der Waals surface area contributed by atoms with Crippen molar-refractivity contribution in [2.75, 3.05) is 19.6 Å². The van der Waals surface area contributed by atoms with Gasteiger partial charge in [-0.1, -0.05) is 0 Å².